The Balaban J connectivity index is 2.68. The molecule has 0 aliphatic carbocycles. The van der Waals surface area contributed by atoms with Crippen LogP contribution in [0.1, 0.15) is 13.8 Å². The van der Waals surface area contributed by atoms with Crippen LogP contribution in [0.3, 0.4) is 0 Å². The van der Waals surface area contributed by atoms with Crippen LogP contribution in [-0.4, -0.2) is 16.4 Å². The standard InChI is InChI=1S/C7H10O3S/c1-4-7-5(2)6(3)9-11(8)10-7/h1,5-7H,2-3H3. The average molecular weight is 174 g/mol. The van der Waals surface area contributed by atoms with Crippen molar-refractivity contribution in [3.05, 3.63) is 0 Å². The minimum Gasteiger partial charge on any atom is -0.265 e. The number of rotatable bonds is 0. The first-order valence-corrected chi connectivity index (χ1v) is 4.37. The van der Waals surface area contributed by atoms with Gasteiger partial charge in [-0.15, -0.1) is 6.42 Å². The largest absolute Gasteiger partial charge is 0.306 e. The topological polar surface area (TPSA) is 35.5 Å². The molecule has 0 aromatic rings. The van der Waals surface area contributed by atoms with Crippen molar-refractivity contribution in [2.45, 2.75) is 26.1 Å². The van der Waals surface area contributed by atoms with E-state index in [1.54, 1.807) is 0 Å². The van der Waals surface area contributed by atoms with Crippen LogP contribution in [0.2, 0.25) is 0 Å². The second kappa shape index (κ2) is 3.35. The van der Waals surface area contributed by atoms with Crippen LogP contribution >= 0.6 is 0 Å². The van der Waals surface area contributed by atoms with E-state index in [9.17, 15) is 4.21 Å². The second-order valence-electron chi connectivity index (χ2n) is 2.55. The van der Waals surface area contributed by atoms with Gasteiger partial charge in [-0.25, -0.2) is 0 Å². The molecular formula is C7H10O3S. The first-order valence-electron chi connectivity index (χ1n) is 3.37. The lowest BCUT2D eigenvalue weighted by Crippen LogP contribution is -2.37. The summed E-state index contributed by atoms with van der Waals surface area (Å²) < 4.78 is 20.5. The zero-order chi connectivity index (χ0) is 8.43. The predicted octanol–water partition coefficient (Wildman–Crippen LogP) is 0.638. The van der Waals surface area contributed by atoms with Crippen LogP contribution in [0.15, 0.2) is 0 Å². The molecule has 0 spiro atoms. The van der Waals surface area contributed by atoms with Crippen molar-refractivity contribution in [2.24, 2.45) is 5.92 Å². The number of hydrogen-bond acceptors (Lipinski definition) is 3. The molecule has 3 nitrogen and oxygen atoms in total. The molecular weight excluding hydrogens is 164 g/mol. The first-order chi connectivity index (χ1) is 5.15. The maximum atomic E-state index is 10.8. The molecule has 62 valence electrons. The van der Waals surface area contributed by atoms with Crippen molar-refractivity contribution < 1.29 is 12.6 Å². The molecule has 0 aromatic heterocycles. The summed E-state index contributed by atoms with van der Waals surface area (Å²) in [6.45, 7) is 3.74. The summed E-state index contributed by atoms with van der Waals surface area (Å²) >= 11 is -1.66. The monoisotopic (exact) mass is 174 g/mol. The van der Waals surface area contributed by atoms with Gasteiger partial charge in [-0.1, -0.05) is 12.8 Å². The van der Waals surface area contributed by atoms with Crippen LogP contribution in [0.5, 0.6) is 0 Å². The van der Waals surface area contributed by atoms with Crippen molar-refractivity contribution in [3.8, 4) is 12.3 Å². The Labute approximate surface area is 68.9 Å². The summed E-state index contributed by atoms with van der Waals surface area (Å²) in [5.74, 6) is 2.51. The molecule has 0 radical (unpaired) electrons. The van der Waals surface area contributed by atoms with Gasteiger partial charge in [0.2, 0.25) is 0 Å². The van der Waals surface area contributed by atoms with Gasteiger partial charge in [-0.05, 0) is 6.92 Å². The third-order valence-electron chi connectivity index (χ3n) is 1.79. The zero-order valence-electron chi connectivity index (χ0n) is 6.44. The van der Waals surface area contributed by atoms with E-state index >= 15 is 0 Å². The highest BCUT2D eigenvalue weighted by Crippen LogP contribution is 2.22. The highest BCUT2D eigenvalue weighted by Gasteiger charge is 2.31. The Bertz CT molecular complexity index is 208. The van der Waals surface area contributed by atoms with Gasteiger partial charge in [0.25, 0.3) is 0 Å². The SMILES string of the molecule is C#CC1OS(=O)OC(C)C1C. The minimum atomic E-state index is -1.66. The number of hydrogen-bond donors (Lipinski definition) is 0. The Morgan fingerprint density at radius 1 is 1.45 bits per heavy atom. The fraction of sp³-hybridized carbons (Fsp3) is 0.714. The third-order valence-corrected chi connectivity index (χ3v) is 2.62. The van der Waals surface area contributed by atoms with E-state index in [1.165, 1.54) is 0 Å². The average Bonchev–Trinajstić information content (AvgIpc) is 1.96. The maximum absolute atomic E-state index is 10.8. The maximum Gasteiger partial charge on any atom is 0.306 e. The molecule has 4 atom stereocenters. The fourth-order valence-corrected chi connectivity index (χ4v) is 1.70. The quantitative estimate of drug-likeness (QED) is 0.505. The highest BCUT2D eigenvalue weighted by molar-refractivity contribution is 7.75. The Hall–Kier alpha value is -0.370. The first kappa shape index (κ1) is 8.72. The van der Waals surface area contributed by atoms with Crippen LogP contribution < -0.4 is 0 Å². The van der Waals surface area contributed by atoms with E-state index < -0.39 is 11.4 Å². The summed E-state index contributed by atoms with van der Waals surface area (Å²) in [6.07, 6.45) is 4.66. The summed E-state index contributed by atoms with van der Waals surface area (Å²) in [5.41, 5.74) is 0. The molecule has 1 saturated heterocycles. The molecule has 0 N–H and O–H groups in total. The van der Waals surface area contributed by atoms with E-state index in [0.29, 0.717) is 0 Å². The van der Waals surface area contributed by atoms with Gasteiger partial charge in [0.1, 0.15) is 6.10 Å². The molecule has 1 aliphatic heterocycles. The Morgan fingerprint density at radius 2 is 2.09 bits per heavy atom. The van der Waals surface area contributed by atoms with Crippen LogP contribution in [0.4, 0.5) is 0 Å². The third kappa shape index (κ3) is 1.80. The molecule has 4 heteroatoms. The van der Waals surface area contributed by atoms with Crippen molar-refractivity contribution in [1.82, 2.24) is 0 Å². The minimum absolute atomic E-state index is 0.0951. The molecule has 11 heavy (non-hydrogen) atoms. The van der Waals surface area contributed by atoms with E-state index in [1.807, 2.05) is 13.8 Å². The second-order valence-corrected chi connectivity index (χ2v) is 3.34. The van der Waals surface area contributed by atoms with Gasteiger partial charge in [0.15, 0.2) is 0 Å². The lowest BCUT2D eigenvalue weighted by atomic mass is 10.0. The lowest BCUT2D eigenvalue weighted by Gasteiger charge is -2.28. The lowest BCUT2D eigenvalue weighted by molar-refractivity contribution is 0.0417. The molecule has 0 aromatic carbocycles. The predicted molar refractivity (Wildman–Crippen MR) is 41.6 cm³/mol. The molecule has 0 saturated carbocycles. The van der Waals surface area contributed by atoms with Gasteiger partial charge in [-0.3, -0.25) is 8.37 Å². The molecule has 1 aliphatic rings. The highest BCUT2D eigenvalue weighted by atomic mass is 32.2. The molecule has 1 rings (SSSR count). The smallest absolute Gasteiger partial charge is 0.265 e. The summed E-state index contributed by atoms with van der Waals surface area (Å²) in [6, 6.07) is 0. The van der Waals surface area contributed by atoms with Gasteiger partial charge < -0.3 is 0 Å². The number of terminal acetylenes is 1. The van der Waals surface area contributed by atoms with Gasteiger partial charge in [-0.2, -0.15) is 4.21 Å². The van der Waals surface area contributed by atoms with Crippen LogP contribution in [0.25, 0.3) is 0 Å². The normalized spacial score (nSPS) is 44.8. The van der Waals surface area contributed by atoms with E-state index in [-0.39, 0.29) is 18.1 Å². The Kier molecular flexibility index (Phi) is 2.66. The molecule has 0 bridgehead atoms. The van der Waals surface area contributed by atoms with Gasteiger partial charge >= 0.3 is 11.4 Å². The summed E-state index contributed by atoms with van der Waals surface area (Å²) in [5, 5.41) is 0. The van der Waals surface area contributed by atoms with E-state index in [0.717, 1.165) is 0 Å². The molecule has 1 fully saturated rings. The van der Waals surface area contributed by atoms with E-state index in [4.69, 9.17) is 14.8 Å². The molecule has 4 unspecified atom stereocenters. The van der Waals surface area contributed by atoms with Crippen LogP contribution in [0, 0.1) is 18.3 Å². The molecule has 1 heterocycles. The summed E-state index contributed by atoms with van der Waals surface area (Å²) in [4.78, 5) is 0. The van der Waals surface area contributed by atoms with Crippen molar-refractivity contribution in [1.29, 1.82) is 0 Å². The van der Waals surface area contributed by atoms with Crippen molar-refractivity contribution in [3.63, 3.8) is 0 Å². The van der Waals surface area contributed by atoms with Crippen LogP contribution in [-0.2, 0) is 19.7 Å². The van der Waals surface area contributed by atoms with E-state index in [2.05, 4.69) is 5.92 Å². The van der Waals surface area contributed by atoms with Crippen molar-refractivity contribution >= 4 is 11.4 Å². The molecule has 0 amide bonds. The fourth-order valence-electron chi connectivity index (χ4n) is 0.832. The van der Waals surface area contributed by atoms with Gasteiger partial charge in [0.05, 0.1) is 6.10 Å². The van der Waals surface area contributed by atoms with Gasteiger partial charge in [0, 0.05) is 5.92 Å². The zero-order valence-corrected chi connectivity index (χ0v) is 7.26. The Morgan fingerprint density at radius 3 is 2.64 bits per heavy atom. The van der Waals surface area contributed by atoms with Crippen molar-refractivity contribution in [2.75, 3.05) is 0 Å². The summed E-state index contributed by atoms with van der Waals surface area (Å²) in [7, 11) is 0.